The van der Waals surface area contributed by atoms with Crippen LogP contribution in [-0.2, 0) is 11.3 Å². The van der Waals surface area contributed by atoms with Crippen LogP contribution in [0, 0.1) is 10.1 Å². The third-order valence-corrected chi connectivity index (χ3v) is 3.54. The molecule has 0 aromatic heterocycles. The molecule has 0 atom stereocenters. The van der Waals surface area contributed by atoms with Gasteiger partial charge in [0.25, 0.3) is 11.6 Å². The molecule has 0 saturated carbocycles. The van der Waals surface area contributed by atoms with Crippen LogP contribution in [0.5, 0.6) is 0 Å². The molecule has 7 heteroatoms. The van der Waals surface area contributed by atoms with Crippen LogP contribution in [0.1, 0.15) is 15.9 Å². The van der Waals surface area contributed by atoms with Gasteiger partial charge in [0.2, 0.25) is 0 Å². The highest BCUT2D eigenvalue weighted by Gasteiger charge is 2.20. The summed E-state index contributed by atoms with van der Waals surface area (Å²) in [5, 5.41) is 11.0. The van der Waals surface area contributed by atoms with Gasteiger partial charge in [-0.2, -0.15) is 0 Å². The fourth-order valence-corrected chi connectivity index (χ4v) is 2.28. The minimum absolute atomic E-state index is 0.0306. The maximum absolute atomic E-state index is 12.7. The topological polar surface area (TPSA) is 98.7 Å². The molecule has 0 aliphatic rings. The number of ether oxygens (including phenoxy) is 1. The fraction of sp³-hybridized carbons (Fsp3) is 0.235. The van der Waals surface area contributed by atoms with E-state index in [2.05, 4.69) is 0 Å². The molecule has 7 nitrogen and oxygen atoms in total. The molecule has 0 radical (unpaired) electrons. The van der Waals surface area contributed by atoms with Gasteiger partial charge in [-0.05, 0) is 17.7 Å². The van der Waals surface area contributed by atoms with Crippen LogP contribution in [0.2, 0.25) is 0 Å². The number of nitrogens with zero attached hydrogens (tertiary/aromatic N) is 2. The van der Waals surface area contributed by atoms with Gasteiger partial charge in [0.05, 0.1) is 11.5 Å². The quantitative estimate of drug-likeness (QED) is 0.478. The zero-order valence-corrected chi connectivity index (χ0v) is 13.3. The summed E-state index contributed by atoms with van der Waals surface area (Å²) in [5.41, 5.74) is 6.53. The number of anilines is 1. The van der Waals surface area contributed by atoms with Crippen molar-refractivity contribution in [1.29, 1.82) is 0 Å². The lowest BCUT2D eigenvalue weighted by Gasteiger charge is -2.22. The van der Waals surface area contributed by atoms with Crippen molar-refractivity contribution in [1.82, 2.24) is 4.90 Å². The third kappa shape index (κ3) is 4.30. The third-order valence-electron chi connectivity index (χ3n) is 3.54. The number of benzene rings is 2. The highest BCUT2D eigenvalue weighted by molar-refractivity contribution is 5.95. The van der Waals surface area contributed by atoms with Gasteiger partial charge >= 0.3 is 0 Å². The summed E-state index contributed by atoms with van der Waals surface area (Å²) >= 11 is 0. The van der Waals surface area contributed by atoms with E-state index in [1.54, 1.807) is 12.0 Å². The molecule has 2 aromatic rings. The molecule has 2 rings (SSSR count). The monoisotopic (exact) mass is 329 g/mol. The lowest BCUT2D eigenvalue weighted by Crippen LogP contribution is -2.33. The lowest BCUT2D eigenvalue weighted by molar-refractivity contribution is -0.383. The molecule has 0 aliphatic heterocycles. The Morgan fingerprint density at radius 2 is 1.96 bits per heavy atom. The van der Waals surface area contributed by atoms with Gasteiger partial charge in [-0.3, -0.25) is 14.9 Å². The lowest BCUT2D eigenvalue weighted by atomic mass is 10.1. The molecule has 24 heavy (non-hydrogen) atoms. The standard InChI is InChI=1S/C17H19N3O4/c1-24-10-9-19(12-13-5-3-2-4-6-13)17(21)14-7-8-15(18)16(11-14)20(22)23/h2-8,11H,9-10,12,18H2,1H3. The number of carbonyl (C=O) groups excluding carboxylic acids is 1. The van der Waals surface area contributed by atoms with Gasteiger partial charge in [0.1, 0.15) is 5.69 Å². The SMILES string of the molecule is COCCN(Cc1ccccc1)C(=O)c1ccc(N)c([N+](=O)[O-])c1. The van der Waals surface area contributed by atoms with Crippen LogP contribution in [0.15, 0.2) is 48.5 Å². The van der Waals surface area contributed by atoms with E-state index in [4.69, 9.17) is 10.5 Å². The molecule has 0 spiro atoms. The second-order valence-electron chi connectivity index (χ2n) is 5.24. The summed E-state index contributed by atoms with van der Waals surface area (Å²) in [4.78, 5) is 24.8. The van der Waals surface area contributed by atoms with Gasteiger partial charge in [0.15, 0.2) is 0 Å². The molecule has 0 bridgehead atoms. The second kappa shape index (κ2) is 8.07. The summed E-state index contributed by atoms with van der Waals surface area (Å²) in [6.45, 7) is 1.14. The van der Waals surface area contributed by atoms with Crippen molar-refractivity contribution in [2.75, 3.05) is 26.0 Å². The number of methoxy groups -OCH3 is 1. The van der Waals surface area contributed by atoms with E-state index in [0.29, 0.717) is 19.7 Å². The van der Waals surface area contributed by atoms with Gasteiger partial charge in [-0.15, -0.1) is 0 Å². The number of nitrogens with two attached hydrogens (primary N) is 1. The van der Waals surface area contributed by atoms with Crippen molar-refractivity contribution >= 4 is 17.3 Å². The van der Waals surface area contributed by atoms with E-state index in [9.17, 15) is 14.9 Å². The van der Waals surface area contributed by atoms with Crippen molar-refractivity contribution in [2.24, 2.45) is 0 Å². The number of hydrogen-bond acceptors (Lipinski definition) is 5. The van der Waals surface area contributed by atoms with E-state index >= 15 is 0 Å². The van der Waals surface area contributed by atoms with Gasteiger partial charge in [0, 0.05) is 31.8 Å². The number of nitro groups is 1. The largest absolute Gasteiger partial charge is 0.393 e. The summed E-state index contributed by atoms with van der Waals surface area (Å²) in [6, 6.07) is 13.6. The highest BCUT2D eigenvalue weighted by atomic mass is 16.6. The first-order valence-electron chi connectivity index (χ1n) is 7.39. The Kier molecular flexibility index (Phi) is 5.86. The first-order chi connectivity index (χ1) is 11.5. The van der Waals surface area contributed by atoms with Crippen LogP contribution in [0.3, 0.4) is 0 Å². The fourth-order valence-electron chi connectivity index (χ4n) is 2.28. The number of nitrogen functional groups attached to an aromatic ring is 1. The summed E-state index contributed by atoms with van der Waals surface area (Å²) in [6.07, 6.45) is 0. The zero-order valence-electron chi connectivity index (χ0n) is 13.3. The normalized spacial score (nSPS) is 10.4. The maximum Gasteiger partial charge on any atom is 0.292 e. The Labute approximate surface area is 139 Å². The van der Waals surface area contributed by atoms with Crippen LogP contribution in [-0.4, -0.2) is 36.0 Å². The number of rotatable bonds is 7. The first-order valence-corrected chi connectivity index (χ1v) is 7.39. The zero-order chi connectivity index (χ0) is 17.5. The minimum Gasteiger partial charge on any atom is -0.393 e. The van der Waals surface area contributed by atoms with Crippen molar-refractivity contribution in [3.05, 3.63) is 69.8 Å². The van der Waals surface area contributed by atoms with Gasteiger partial charge in [-0.25, -0.2) is 0 Å². The van der Waals surface area contributed by atoms with E-state index in [1.807, 2.05) is 30.3 Å². The molecule has 0 saturated heterocycles. The highest BCUT2D eigenvalue weighted by Crippen LogP contribution is 2.23. The average molecular weight is 329 g/mol. The molecule has 0 heterocycles. The average Bonchev–Trinajstić information content (AvgIpc) is 2.59. The number of carbonyl (C=O) groups is 1. The van der Waals surface area contributed by atoms with Crippen LogP contribution < -0.4 is 5.73 Å². The molecule has 0 aliphatic carbocycles. The number of amides is 1. The molecule has 1 amide bonds. The van der Waals surface area contributed by atoms with E-state index in [0.717, 1.165) is 5.56 Å². The van der Waals surface area contributed by atoms with Gasteiger partial charge < -0.3 is 15.4 Å². The Morgan fingerprint density at radius 1 is 1.25 bits per heavy atom. The predicted molar refractivity (Wildman–Crippen MR) is 90.6 cm³/mol. The Balaban J connectivity index is 2.27. The predicted octanol–water partition coefficient (Wildman–Crippen LogP) is 2.47. The maximum atomic E-state index is 12.7. The van der Waals surface area contributed by atoms with Crippen molar-refractivity contribution in [3.63, 3.8) is 0 Å². The van der Waals surface area contributed by atoms with E-state index < -0.39 is 4.92 Å². The van der Waals surface area contributed by atoms with Gasteiger partial charge in [-0.1, -0.05) is 30.3 Å². The Morgan fingerprint density at radius 3 is 2.58 bits per heavy atom. The van der Waals surface area contributed by atoms with Crippen molar-refractivity contribution < 1.29 is 14.5 Å². The molecular weight excluding hydrogens is 310 g/mol. The molecule has 2 N–H and O–H groups in total. The molecule has 0 fully saturated rings. The van der Waals surface area contributed by atoms with E-state index in [1.165, 1.54) is 18.2 Å². The summed E-state index contributed by atoms with van der Waals surface area (Å²) in [5.74, 6) is -0.306. The Hall–Kier alpha value is -2.93. The van der Waals surface area contributed by atoms with Crippen LogP contribution >= 0.6 is 0 Å². The molecule has 0 unspecified atom stereocenters. The number of hydrogen-bond donors (Lipinski definition) is 1. The number of nitro benzene ring substituents is 1. The van der Waals surface area contributed by atoms with Crippen LogP contribution in [0.25, 0.3) is 0 Å². The first kappa shape index (κ1) is 17.4. The Bertz CT molecular complexity index is 719. The van der Waals surface area contributed by atoms with E-state index in [-0.39, 0.29) is 22.8 Å². The molecule has 126 valence electrons. The van der Waals surface area contributed by atoms with Crippen molar-refractivity contribution in [2.45, 2.75) is 6.54 Å². The minimum atomic E-state index is -0.594. The smallest absolute Gasteiger partial charge is 0.292 e. The molecular formula is C17H19N3O4. The van der Waals surface area contributed by atoms with Crippen LogP contribution in [0.4, 0.5) is 11.4 Å². The molecule has 2 aromatic carbocycles. The van der Waals surface area contributed by atoms with Crippen molar-refractivity contribution in [3.8, 4) is 0 Å². The second-order valence-corrected chi connectivity index (χ2v) is 5.24. The summed E-state index contributed by atoms with van der Waals surface area (Å²) < 4.78 is 5.06. The summed E-state index contributed by atoms with van der Waals surface area (Å²) in [7, 11) is 1.55.